The smallest absolute Gasteiger partial charge is 0.231 e. The summed E-state index contributed by atoms with van der Waals surface area (Å²) in [6.07, 6.45) is 3.35. The monoisotopic (exact) mass is 261 g/mol. The van der Waals surface area contributed by atoms with Crippen LogP contribution in [0.1, 0.15) is 37.2 Å². The summed E-state index contributed by atoms with van der Waals surface area (Å²) in [5, 5.41) is 12.9. The van der Waals surface area contributed by atoms with Crippen LogP contribution in [0.2, 0.25) is 0 Å². The molecule has 2 aliphatic rings. The third kappa shape index (κ3) is 2.45. The van der Waals surface area contributed by atoms with E-state index in [1.807, 2.05) is 24.3 Å². The molecule has 1 saturated carbocycles. The van der Waals surface area contributed by atoms with Gasteiger partial charge in [0, 0.05) is 5.56 Å². The number of para-hydroxylation sites is 1. The minimum Gasteiger partial charge on any atom is -0.492 e. The van der Waals surface area contributed by atoms with E-state index < -0.39 is 6.10 Å². The molecule has 102 valence electrons. The van der Waals surface area contributed by atoms with Crippen LogP contribution in [-0.2, 0) is 4.79 Å². The summed E-state index contributed by atoms with van der Waals surface area (Å²) < 4.78 is 5.52. The first-order chi connectivity index (χ1) is 9.25. The molecule has 3 unspecified atom stereocenters. The number of aliphatic hydroxyl groups excluding tert-OH is 1. The lowest BCUT2D eigenvalue weighted by molar-refractivity contribution is -0.124. The van der Waals surface area contributed by atoms with Crippen LogP contribution in [0, 0.1) is 0 Å². The zero-order valence-corrected chi connectivity index (χ0v) is 10.8. The van der Waals surface area contributed by atoms with Gasteiger partial charge in [0.15, 0.2) is 0 Å². The van der Waals surface area contributed by atoms with Crippen LogP contribution in [-0.4, -0.2) is 29.8 Å². The lowest BCUT2D eigenvalue weighted by Crippen LogP contribution is -2.46. The van der Waals surface area contributed by atoms with Crippen molar-refractivity contribution in [3.05, 3.63) is 29.8 Å². The fourth-order valence-electron chi connectivity index (χ4n) is 2.94. The molecule has 0 spiro atoms. The third-order valence-corrected chi connectivity index (χ3v) is 4.07. The van der Waals surface area contributed by atoms with Gasteiger partial charge in [0.05, 0.1) is 12.1 Å². The van der Waals surface area contributed by atoms with Crippen LogP contribution >= 0.6 is 0 Å². The van der Waals surface area contributed by atoms with Crippen molar-refractivity contribution in [1.82, 2.24) is 5.32 Å². The summed E-state index contributed by atoms with van der Waals surface area (Å²) in [5.74, 6) is 0.521. The lowest BCUT2D eigenvalue weighted by atomic mass is 9.91. The number of ether oxygens (including phenoxy) is 1. The zero-order valence-electron chi connectivity index (χ0n) is 10.8. The van der Waals surface area contributed by atoms with Crippen molar-refractivity contribution >= 4 is 5.91 Å². The number of hydrogen-bond acceptors (Lipinski definition) is 3. The minimum atomic E-state index is -0.407. The van der Waals surface area contributed by atoms with Gasteiger partial charge < -0.3 is 15.2 Å². The Hall–Kier alpha value is -1.55. The molecule has 1 amide bonds. The molecule has 1 aliphatic heterocycles. The van der Waals surface area contributed by atoms with Gasteiger partial charge in [0.1, 0.15) is 18.3 Å². The highest BCUT2D eigenvalue weighted by Crippen LogP contribution is 2.33. The molecule has 2 N–H and O–H groups in total. The Kier molecular flexibility index (Phi) is 3.42. The van der Waals surface area contributed by atoms with Crippen molar-refractivity contribution in [1.29, 1.82) is 0 Å². The van der Waals surface area contributed by atoms with E-state index in [1.54, 1.807) is 0 Å². The molecule has 0 aromatic heterocycles. The van der Waals surface area contributed by atoms with Crippen LogP contribution in [0.5, 0.6) is 5.75 Å². The molecule has 1 fully saturated rings. The van der Waals surface area contributed by atoms with E-state index in [2.05, 4.69) is 5.32 Å². The van der Waals surface area contributed by atoms with E-state index in [-0.39, 0.29) is 17.9 Å². The van der Waals surface area contributed by atoms with Crippen LogP contribution in [0.3, 0.4) is 0 Å². The normalized spacial score (nSPS) is 29.4. The number of benzene rings is 1. The van der Waals surface area contributed by atoms with Crippen LogP contribution in [0.25, 0.3) is 0 Å². The van der Waals surface area contributed by atoms with Crippen molar-refractivity contribution in [2.75, 3.05) is 6.61 Å². The molecule has 1 aliphatic carbocycles. The predicted octanol–water partition coefficient (Wildman–Crippen LogP) is 1.58. The SMILES string of the molecule is O=C(NC1CCCCC1O)C1COc2ccccc21. The molecular weight excluding hydrogens is 242 g/mol. The van der Waals surface area contributed by atoms with Crippen molar-refractivity contribution in [3.63, 3.8) is 0 Å². The molecule has 19 heavy (non-hydrogen) atoms. The number of carbonyl (C=O) groups excluding carboxylic acids is 1. The van der Waals surface area contributed by atoms with E-state index in [0.717, 1.165) is 37.0 Å². The van der Waals surface area contributed by atoms with Crippen molar-refractivity contribution < 1.29 is 14.6 Å². The third-order valence-electron chi connectivity index (χ3n) is 4.07. The summed E-state index contributed by atoms with van der Waals surface area (Å²) >= 11 is 0. The Balaban J connectivity index is 1.68. The number of rotatable bonds is 2. The van der Waals surface area contributed by atoms with Gasteiger partial charge in [-0.2, -0.15) is 0 Å². The Bertz CT molecular complexity index is 474. The van der Waals surface area contributed by atoms with E-state index in [9.17, 15) is 9.90 Å². The number of hydrogen-bond donors (Lipinski definition) is 2. The first-order valence-electron chi connectivity index (χ1n) is 6.96. The molecule has 3 rings (SSSR count). The molecule has 3 atom stereocenters. The van der Waals surface area contributed by atoms with E-state index in [4.69, 9.17) is 4.74 Å². The molecule has 1 aromatic rings. The van der Waals surface area contributed by atoms with Crippen LogP contribution < -0.4 is 10.1 Å². The van der Waals surface area contributed by atoms with Crippen molar-refractivity contribution in [2.45, 2.75) is 43.7 Å². The second-order valence-corrected chi connectivity index (χ2v) is 5.37. The van der Waals surface area contributed by atoms with Gasteiger partial charge >= 0.3 is 0 Å². The predicted molar refractivity (Wildman–Crippen MR) is 71.1 cm³/mol. The zero-order chi connectivity index (χ0) is 13.2. The second kappa shape index (κ2) is 5.21. The van der Waals surface area contributed by atoms with Gasteiger partial charge in [-0.05, 0) is 18.9 Å². The Morgan fingerprint density at radius 3 is 2.89 bits per heavy atom. The summed E-state index contributed by atoms with van der Waals surface area (Å²) in [4.78, 5) is 12.3. The summed E-state index contributed by atoms with van der Waals surface area (Å²) in [5.41, 5.74) is 0.949. The topological polar surface area (TPSA) is 58.6 Å². The van der Waals surface area contributed by atoms with E-state index in [1.165, 1.54) is 0 Å². The maximum absolute atomic E-state index is 12.3. The lowest BCUT2D eigenvalue weighted by Gasteiger charge is -2.29. The number of nitrogens with one attached hydrogen (secondary N) is 1. The largest absolute Gasteiger partial charge is 0.492 e. The van der Waals surface area contributed by atoms with Gasteiger partial charge in [0.2, 0.25) is 5.91 Å². The molecule has 4 heteroatoms. The molecular formula is C15H19NO3. The molecule has 1 aromatic carbocycles. The molecule has 0 radical (unpaired) electrons. The quantitative estimate of drug-likeness (QED) is 0.850. The number of fused-ring (bicyclic) bond motifs is 1. The summed E-state index contributed by atoms with van der Waals surface area (Å²) in [7, 11) is 0. The fraction of sp³-hybridized carbons (Fsp3) is 0.533. The Labute approximate surface area is 112 Å². The maximum atomic E-state index is 12.3. The maximum Gasteiger partial charge on any atom is 0.231 e. The van der Waals surface area contributed by atoms with Gasteiger partial charge in [-0.15, -0.1) is 0 Å². The van der Waals surface area contributed by atoms with Crippen LogP contribution in [0.15, 0.2) is 24.3 Å². The summed E-state index contributed by atoms with van der Waals surface area (Å²) in [6.45, 7) is 0.397. The number of carbonyl (C=O) groups is 1. The van der Waals surface area contributed by atoms with Gasteiger partial charge in [0.25, 0.3) is 0 Å². The first kappa shape index (κ1) is 12.5. The Morgan fingerprint density at radius 1 is 1.26 bits per heavy atom. The van der Waals surface area contributed by atoms with Gasteiger partial charge in [-0.25, -0.2) is 0 Å². The van der Waals surface area contributed by atoms with Crippen molar-refractivity contribution in [2.24, 2.45) is 0 Å². The fourth-order valence-corrected chi connectivity index (χ4v) is 2.94. The van der Waals surface area contributed by atoms with Gasteiger partial charge in [-0.3, -0.25) is 4.79 Å². The highest BCUT2D eigenvalue weighted by atomic mass is 16.5. The minimum absolute atomic E-state index is 0.0316. The summed E-state index contributed by atoms with van der Waals surface area (Å²) in [6, 6.07) is 7.55. The van der Waals surface area contributed by atoms with E-state index in [0.29, 0.717) is 6.61 Å². The first-order valence-corrected chi connectivity index (χ1v) is 6.96. The highest BCUT2D eigenvalue weighted by Gasteiger charge is 2.33. The average Bonchev–Trinajstić information content (AvgIpc) is 2.85. The van der Waals surface area contributed by atoms with Gasteiger partial charge in [-0.1, -0.05) is 31.0 Å². The number of amides is 1. The van der Waals surface area contributed by atoms with Crippen LogP contribution in [0.4, 0.5) is 0 Å². The number of aliphatic hydroxyl groups is 1. The molecule has 4 nitrogen and oxygen atoms in total. The average molecular weight is 261 g/mol. The standard InChI is InChI=1S/C15H19NO3/c17-13-7-3-2-6-12(13)16-15(18)11-9-19-14-8-4-1-5-10(11)14/h1,4-5,8,11-13,17H,2-3,6-7,9H2,(H,16,18). The molecule has 0 saturated heterocycles. The highest BCUT2D eigenvalue weighted by molar-refractivity contribution is 5.85. The molecule has 1 heterocycles. The van der Waals surface area contributed by atoms with E-state index >= 15 is 0 Å². The van der Waals surface area contributed by atoms with Crippen molar-refractivity contribution in [3.8, 4) is 5.75 Å². The second-order valence-electron chi connectivity index (χ2n) is 5.37. The Morgan fingerprint density at radius 2 is 2.05 bits per heavy atom. The molecule has 0 bridgehead atoms.